The van der Waals surface area contributed by atoms with Gasteiger partial charge in [0.05, 0.1) is 23.5 Å². The van der Waals surface area contributed by atoms with E-state index in [1.54, 1.807) is 29.9 Å². The molecule has 2 aliphatic rings. The highest BCUT2D eigenvalue weighted by atomic mass is 32.2. The van der Waals surface area contributed by atoms with Gasteiger partial charge in [-0.05, 0) is 69.2 Å². The van der Waals surface area contributed by atoms with Crippen LogP contribution in [0.4, 0.5) is 4.39 Å². The van der Waals surface area contributed by atoms with Gasteiger partial charge < -0.3 is 5.32 Å². The lowest BCUT2D eigenvalue weighted by molar-refractivity contribution is 0.0863. The Bertz CT molecular complexity index is 1390. The third kappa shape index (κ3) is 3.50. The Morgan fingerprint density at radius 1 is 1.18 bits per heavy atom. The molecule has 1 aromatic heterocycles. The number of halogens is 1. The molecule has 8 nitrogen and oxygen atoms in total. The summed E-state index contributed by atoms with van der Waals surface area (Å²) in [4.78, 5) is 25.3. The summed E-state index contributed by atoms with van der Waals surface area (Å²) in [7, 11) is -3.94. The first-order chi connectivity index (χ1) is 15.7. The third-order valence-electron chi connectivity index (χ3n) is 6.02. The lowest BCUT2D eigenvalue weighted by atomic mass is 10.1. The molecule has 1 unspecified atom stereocenters. The van der Waals surface area contributed by atoms with Crippen molar-refractivity contribution in [3.05, 3.63) is 76.9 Å². The van der Waals surface area contributed by atoms with Gasteiger partial charge in [0.2, 0.25) is 0 Å². The number of hydrogen-bond donors (Lipinski definition) is 1. The fourth-order valence-corrected chi connectivity index (χ4v) is 5.95. The first-order valence-electron chi connectivity index (χ1n) is 10.5. The Morgan fingerprint density at radius 3 is 2.55 bits per heavy atom. The number of rotatable bonds is 5. The molecular formula is C23H21FN4O4S. The second-order valence-corrected chi connectivity index (χ2v) is 10.1. The van der Waals surface area contributed by atoms with Crippen molar-refractivity contribution in [3.63, 3.8) is 0 Å². The maximum absolute atomic E-state index is 13.2. The number of carbonyl (C=O) groups excluding carboxylic acids is 2. The standard InChI is InChI=1S/C23H21FN4O4S/c1-13(20-12-25-27(14(20)2)17-6-4-16(24)5-7-17)26-22(29)15-3-10-19-21(11-15)33(31,32)28(23(19)30)18-8-9-18/h3-7,10-13,18H,8-9H2,1-2H3,(H,26,29). The molecule has 2 aromatic carbocycles. The van der Waals surface area contributed by atoms with Crippen molar-refractivity contribution in [1.29, 1.82) is 0 Å². The topological polar surface area (TPSA) is 101 Å². The van der Waals surface area contributed by atoms with Crippen LogP contribution in [0, 0.1) is 12.7 Å². The Kier molecular flexibility index (Phi) is 4.86. The molecule has 33 heavy (non-hydrogen) atoms. The fourth-order valence-electron chi connectivity index (χ4n) is 4.11. The molecule has 0 bridgehead atoms. The van der Waals surface area contributed by atoms with Crippen molar-refractivity contribution in [3.8, 4) is 5.69 Å². The Morgan fingerprint density at radius 2 is 1.88 bits per heavy atom. The van der Waals surface area contributed by atoms with Crippen LogP contribution in [0.2, 0.25) is 0 Å². The van der Waals surface area contributed by atoms with Crippen molar-refractivity contribution < 1.29 is 22.4 Å². The number of aromatic nitrogens is 2. The van der Waals surface area contributed by atoms with Gasteiger partial charge in [0.25, 0.3) is 21.8 Å². The molecule has 1 aliphatic heterocycles. The smallest absolute Gasteiger partial charge is 0.269 e. The molecule has 1 fully saturated rings. The van der Waals surface area contributed by atoms with Crippen molar-refractivity contribution in [2.75, 3.05) is 0 Å². The maximum Gasteiger partial charge on any atom is 0.269 e. The minimum absolute atomic E-state index is 0.0999. The zero-order valence-corrected chi connectivity index (χ0v) is 18.8. The van der Waals surface area contributed by atoms with E-state index in [1.807, 2.05) is 6.92 Å². The summed E-state index contributed by atoms with van der Waals surface area (Å²) >= 11 is 0. The highest BCUT2D eigenvalue weighted by Gasteiger charge is 2.48. The maximum atomic E-state index is 13.2. The molecule has 170 valence electrons. The largest absolute Gasteiger partial charge is 0.345 e. The molecule has 1 atom stereocenters. The molecule has 1 N–H and O–H groups in total. The summed E-state index contributed by atoms with van der Waals surface area (Å²) in [6, 6.07) is 9.32. The second kappa shape index (κ2) is 7.51. The van der Waals surface area contributed by atoms with E-state index in [-0.39, 0.29) is 27.9 Å². The van der Waals surface area contributed by atoms with E-state index in [9.17, 15) is 22.4 Å². The first kappa shape index (κ1) is 21.3. The van der Waals surface area contributed by atoms with Crippen molar-refractivity contribution in [2.45, 2.75) is 43.7 Å². The highest BCUT2D eigenvalue weighted by molar-refractivity contribution is 7.90. The van der Waals surface area contributed by atoms with Gasteiger partial charge in [0.15, 0.2) is 0 Å². The average molecular weight is 469 g/mol. The molecule has 1 saturated carbocycles. The van der Waals surface area contributed by atoms with Crippen molar-refractivity contribution in [2.24, 2.45) is 0 Å². The minimum Gasteiger partial charge on any atom is -0.345 e. The average Bonchev–Trinajstić information content (AvgIpc) is 3.49. The van der Waals surface area contributed by atoms with E-state index < -0.39 is 27.9 Å². The number of nitrogens with one attached hydrogen (secondary N) is 1. The summed E-state index contributed by atoms with van der Waals surface area (Å²) < 4.78 is 41.5. The van der Waals surface area contributed by atoms with Crippen molar-refractivity contribution in [1.82, 2.24) is 19.4 Å². The number of benzene rings is 2. The number of nitrogens with zero attached hydrogens (tertiary/aromatic N) is 3. The number of carbonyl (C=O) groups is 2. The SMILES string of the molecule is Cc1c(C(C)NC(=O)c2ccc3c(c2)S(=O)(=O)N(C2CC2)C3=O)cnn1-c1ccc(F)cc1. The Labute approximate surface area is 190 Å². The van der Waals surface area contributed by atoms with Crippen LogP contribution >= 0.6 is 0 Å². The zero-order valence-electron chi connectivity index (χ0n) is 17.9. The quantitative estimate of drug-likeness (QED) is 0.620. The van der Waals surface area contributed by atoms with Gasteiger partial charge in [0.1, 0.15) is 10.7 Å². The van der Waals surface area contributed by atoms with Crippen LogP contribution in [-0.4, -0.2) is 40.4 Å². The van der Waals surface area contributed by atoms with Gasteiger partial charge in [-0.1, -0.05) is 0 Å². The summed E-state index contributed by atoms with van der Waals surface area (Å²) in [6.45, 7) is 3.63. The van der Waals surface area contributed by atoms with Gasteiger partial charge in [0, 0.05) is 22.9 Å². The van der Waals surface area contributed by atoms with Crippen LogP contribution in [0.5, 0.6) is 0 Å². The molecule has 0 radical (unpaired) electrons. The number of sulfonamides is 1. The Balaban J connectivity index is 1.38. The molecule has 10 heteroatoms. The molecule has 0 saturated heterocycles. The van der Waals surface area contributed by atoms with Gasteiger partial charge >= 0.3 is 0 Å². The zero-order chi connectivity index (χ0) is 23.5. The monoisotopic (exact) mass is 468 g/mol. The van der Waals surface area contributed by atoms with E-state index in [0.717, 1.165) is 15.6 Å². The summed E-state index contributed by atoms with van der Waals surface area (Å²) in [5, 5.41) is 7.20. The lowest BCUT2D eigenvalue weighted by Gasteiger charge is -2.15. The lowest BCUT2D eigenvalue weighted by Crippen LogP contribution is -2.32. The van der Waals surface area contributed by atoms with Crippen LogP contribution < -0.4 is 5.32 Å². The van der Waals surface area contributed by atoms with E-state index in [1.165, 1.54) is 30.3 Å². The molecule has 3 aromatic rings. The van der Waals surface area contributed by atoms with Crippen molar-refractivity contribution >= 4 is 21.8 Å². The first-order valence-corrected chi connectivity index (χ1v) is 12.0. The summed E-state index contributed by atoms with van der Waals surface area (Å²) in [5.41, 5.74) is 2.47. The van der Waals surface area contributed by atoms with Gasteiger partial charge in [-0.2, -0.15) is 5.10 Å². The van der Waals surface area contributed by atoms with E-state index in [4.69, 9.17) is 0 Å². The van der Waals surface area contributed by atoms with Gasteiger partial charge in [-0.15, -0.1) is 0 Å². The van der Waals surface area contributed by atoms with Crippen LogP contribution in [0.15, 0.2) is 53.6 Å². The van der Waals surface area contributed by atoms with Crippen LogP contribution in [0.25, 0.3) is 5.69 Å². The normalized spacial score (nSPS) is 17.7. The minimum atomic E-state index is -3.94. The Hall–Kier alpha value is -3.53. The summed E-state index contributed by atoms with van der Waals surface area (Å²) in [6.07, 6.45) is 2.95. The fraction of sp³-hybridized carbons (Fsp3) is 0.261. The van der Waals surface area contributed by atoms with Gasteiger partial charge in [-0.3, -0.25) is 9.59 Å². The predicted molar refractivity (Wildman–Crippen MR) is 117 cm³/mol. The number of hydrogen-bond acceptors (Lipinski definition) is 5. The molecule has 2 amide bonds. The molecule has 0 spiro atoms. The van der Waals surface area contributed by atoms with Gasteiger partial charge in [-0.25, -0.2) is 21.8 Å². The second-order valence-electron chi connectivity index (χ2n) is 8.32. The van der Waals surface area contributed by atoms with Crippen LogP contribution in [0.3, 0.4) is 0 Å². The third-order valence-corrected chi connectivity index (χ3v) is 7.90. The molecule has 1 aliphatic carbocycles. The van der Waals surface area contributed by atoms with E-state index in [0.29, 0.717) is 18.5 Å². The molecule has 2 heterocycles. The number of amides is 2. The van der Waals surface area contributed by atoms with E-state index in [2.05, 4.69) is 10.4 Å². The number of fused-ring (bicyclic) bond motifs is 1. The summed E-state index contributed by atoms with van der Waals surface area (Å²) in [5.74, 6) is -1.34. The van der Waals surface area contributed by atoms with Crippen LogP contribution in [0.1, 0.15) is 57.8 Å². The predicted octanol–water partition coefficient (Wildman–Crippen LogP) is 3.12. The van der Waals surface area contributed by atoms with Crippen LogP contribution in [-0.2, 0) is 10.0 Å². The molecule has 5 rings (SSSR count). The highest BCUT2D eigenvalue weighted by Crippen LogP contribution is 2.39. The van der Waals surface area contributed by atoms with E-state index >= 15 is 0 Å². The molecular weight excluding hydrogens is 447 g/mol.